The monoisotopic (exact) mass is 433 g/mol. The molecule has 4 aromatic rings. The molecule has 0 aliphatic carbocycles. The largest absolute Gasteiger partial charge is 0.456 e. The van der Waals surface area contributed by atoms with Crippen LogP contribution in [0.4, 0.5) is 10.9 Å². The molecule has 0 radical (unpaired) electrons. The highest BCUT2D eigenvalue weighted by Gasteiger charge is 2.19. The maximum atomic E-state index is 6.20. The third kappa shape index (κ3) is 4.23. The molecule has 0 spiro atoms. The average Bonchev–Trinajstić information content (AvgIpc) is 3.52. The van der Waals surface area contributed by atoms with E-state index < -0.39 is 0 Å². The van der Waals surface area contributed by atoms with E-state index in [4.69, 9.17) is 4.74 Å². The lowest BCUT2D eigenvalue weighted by Gasteiger charge is -2.12. The summed E-state index contributed by atoms with van der Waals surface area (Å²) in [5.41, 5.74) is 2.46. The van der Waals surface area contributed by atoms with Crippen LogP contribution in [0.3, 0.4) is 0 Å². The highest BCUT2D eigenvalue weighted by Crippen LogP contribution is 2.33. The van der Waals surface area contributed by atoms with Crippen molar-refractivity contribution in [2.24, 2.45) is 0 Å². The Morgan fingerprint density at radius 2 is 2.10 bits per heavy atom. The van der Waals surface area contributed by atoms with Crippen molar-refractivity contribution in [3.8, 4) is 11.5 Å². The smallest absolute Gasteiger partial charge is 0.187 e. The summed E-state index contributed by atoms with van der Waals surface area (Å²) in [6.45, 7) is 8.08. The van der Waals surface area contributed by atoms with Gasteiger partial charge in [-0.3, -0.25) is 5.10 Å². The van der Waals surface area contributed by atoms with Crippen LogP contribution >= 0.6 is 11.3 Å². The van der Waals surface area contributed by atoms with Crippen LogP contribution in [0.25, 0.3) is 16.7 Å². The first kappa shape index (κ1) is 19.5. The summed E-state index contributed by atoms with van der Waals surface area (Å²) in [4.78, 5) is 9.85. The van der Waals surface area contributed by atoms with Crippen molar-refractivity contribution in [2.45, 2.75) is 19.4 Å². The Kier molecular flexibility index (Phi) is 5.27. The van der Waals surface area contributed by atoms with Crippen LogP contribution in [0.1, 0.15) is 16.9 Å². The first-order valence-electron chi connectivity index (χ1n) is 10.1. The van der Waals surface area contributed by atoms with Crippen molar-refractivity contribution in [3.63, 3.8) is 0 Å². The second-order valence-electron chi connectivity index (χ2n) is 7.45. The maximum absolute atomic E-state index is 6.20. The van der Waals surface area contributed by atoms with Crippen LogP contribution in [0.15, 0.2) is 49.3 Å². The van der Waals surface area contributed by atoms with E-state index in [9.17, 15) is 0 Å². The lowest BCUT2D eigenvalue weighted by atomic mass is 10.1. The molecule has 5 rings (SSSR count). The second-order valence-corrected chi connectivity index (χ2v) is 8.68. The predicted octanol–water partition coefficient (Wildman–Crippen LogP) is 4.37. The molecule has 1 fully saturated rings. The number of hydrogen-bond acceptors (Lipinski definition) is 8. The fraction of sp³-hybridized carbons (Fsp3) is 0.227. The van der Waals surface area contributed by atoms with E-state index in [1.807, 2.05) is 43.5 Å². The van der Waals surface area contributed by atoms with E-state index in [1.165, 1.54) is 0 Å². The predicted molar refractivity (Wildman–Crippen MR) is 125 cm³/mol. The normalized spacial score (nSPS) is 15.8. The Morgan fingerprint density at radius 1 is 1.23 bits per heavy atom. The number of pyridine rings is 1. The van der Waals surface area contributed by atoms with Crippen LogP contribution in [-0.4, -0.2) is 39.3 Å². The van der Waals surface area contributed by atoms with Crippen molar-refractivity contribution in [2.75, 3.05) is 23.7 Å². The van der Waals surface area contributed by atoms with Gasteiger partial charge in [0.25, 0.3) is 0 Å². The number of benzene rings is 1. The summed E-state index contributed by atoms with van der Waals surface area (Å²) >= 11 is 1.60. The van der Waals surface area contributed by atoms with Gasteiger partial charge in [-0.05, 0) is 49.7 Å². The van der Waals surface area contributed by atoms with Crippen molar-refractivity contribution in [1.29, 1.82) is 0 Å². The van der Waals surface area contributed by atoms with E-state index in [0.29, 0.717) is 17.4 Å². The first-order valence-corrected chi connectivity index (χ1v) is 10.9. The van der Waals surface area contributed by atoms with Crippen LogP contribution < -0.4 is 20.7 Å². The van der Waals surface area contributed by atoms with Crippen molar-refractivity contribution in [1.82, 2.24) is 25.5 Å². The number of rotatable bonds is 7. The van der Waals surface area contributed by atoms with Crippen LogP contribution in [0.5, 0.6) is 11.5 Å². The molecule has 1 atom stereocenters. The fourth-order valence-corrected chi connectivity index (χ4v) is 4.24. The van der Waals surface area contributed by atoms with Gasteiger partial charge in [0.2, 0.25) is 0 Å². The Hall–Kier alpha value is -3.43. The SMILES string of the molecule is C=C(Nc1ncc(C)s1)c1ccc(Oc2ccnc3[nH]nc(NC4CCNC4)c23)cc1. The zero-order valence-corrected chi connectivity index (χ0v) is 17.9. The van der Waals surface area contributed by atoms with Gasteiger partial charge in [0.15, 0.2) is 16.6 Å². The molecule has 0 bridgehead atoms. The molecule has 1 unspecified atom stereocenters. The van der Waals surface area contributed by atoms with E-state index in [1.54, 1.807) is 17.5 Å². The second kappa shape index (κ2) is 8.37. The Morgan fingerprint density at radius 3 is 2.84 bits per heavy atom. The number of aryl methyl sites for hydroxylation is 1. The number of H-pyrrole nitrogens is 1. The van der Waals surface area contributed by atoms with Gasteiger partial charge in [0.1, 0.15) is 16.9 Å². The minimum atomic E-state index is 0.346. The number of ether oxygens (including phenoxy) is 1. The molecule has 3 aromatic heterocycles. The zero-order valence-electron chi connectivity index (χ0n) is 17.1. The topological polar surface area (TPSA) is 99.8 Å². The van der Waals surface area contributed by atoms with Gasteiger partial charge in [-0.15, -0.1) is 11.3 Å². The van der Waals surface area contributed by atoms with Crippen LogP contribution in [0.2, 0.25) is 0 Å². The number of aromatic nitrogens is 4. The van der Waals surface area contributed by atoms with Crippen molar-refractivity contribution < 1.29 is 4.74 Å². The maximum Gasteiger partial charge on any atom is 0.187 e. The third-order valence-electron chi connectivity index (χ3n) is 5.13. The summed E-state index contributed by atoms with van der Waals surface area (Å²) in [6, 6.07) is 10.0. The minimum Gasteiger partial charge on any atom is -0.456 e. The number of aromatic amines is 1. The Labute approximate surface area is 183 Å². The quantitative estimate of drug-likeness (QED) is 0.343. The molecule has 8 nitrogen and oxygen atoms in total. The Bertz CT molecular complexity index is 1210. The van der Waals surface area contributed by atoms with E-state index >= 15 is 0 Å². The molecule has 1 aliphatic heterocycles. The molecule has 4 N–H and O–H groups in total. The van der Waals surface area contributed by atoms with Crippen LogP contribution in [-0.2, 0) is 0 Å². The Balaban J connectivity index is 1.33. The molecular weight excluding hydrogens is 410 g/mol. The summed E-state index contributed by atoms with van der Waals surface area (Å²) in [7, 11) is 0. The van der Waals surface area contributed by atoms with Crippen molar-refractivity contribution >= 4 is 39.0 Å². The van der Waals surface area contributed by atoms with Gasteiger partial charge in [0, 0.05) is 41.6 Å². The summed E-state index contributed by atoms with van der Waals surface area (Å²) in [6.07, 6.45) is 4.62. The molecule has 9 heteroatoms. The van der Waals surface area contributed by atoms with Gasteiger partial charge >= 0.3 is 0 Å². The molecule has 0 amide bonds. The molecule has 1 aromatic carbocycles. The highest BCUT2D eigenvalue weighted by molar-refractivity contribution is 7.15. The van der Waals surface area contributed by atoms with Gasteiger partial charge < -0.3 is 20.7 Å². The van der Waals surface area contributed by atoms with Crippen LogP contribution in [0, 0.1) is 6.92 Å². The van der Waals surface area contributed by atoms with Gasteiger partial charge in [-0.2, -0.15) is 5.10 Å². The van der Waals surface area contributed by atoms with Gasteiger partial charge in [-0.25, -0.2) is 9.97 Å². The molecule has 1 saturated heterocycles. The number of thiazole rings is 1. The molecule has 31 heavy (non-hydrogen) atoms. The van der Waals surface area contributed by atoms with E-state index in [2.05, 4.69) is 42.7 Å². The average molecular weight is 434 g/mol. The standard InChI is InChI=1S/C22H23N7OS/c1-13-11-25-22(31-13)26-14(2)15-3-5-17(6-4-15)30-18-8-10-24-20-19(18)21(29-28-20)27-16-7-9-23-12-16/h3-6,8,10-11,16,23H,2,7,9,12H2,1H3,(H,25,26)(H2,24,27,28,29). The lowest BCUT2D eigenvalue weighted by Crippen LogP contribution is -2.22. The number of anilines is 2. The molecular formula is C22H23N7OS. The first-order chi connectivity index (χ1) is 15.2. The highest BCUT2D eigenvalue weighted by atomic mass is 32.1. The van der Waals surface area contributed by atoms with E-state index in [0.717, 1.165) is 57.7 Å². The fourth-order valence-electron chi connectivity index (χ4n) is 3.55. The third-order valence-corrected chi connectivity index (χ3v) is 5.96. The molecule has 1 aliphatic rings. The molecule has 158 valence electrons. The summed E-state index contributed by atoms with van der Waals surface area (Å²) < 4.78 is 6.20. The van der Waals surface area contributed by atoms with Gasteiger partial charge in [-0.1, -0.05) is 6.58 Å². The number of fused-ring (bicyclic) bond motifs is 1. The van der Waals surface area contributed by atoms with Gasteiger partial charge in [0.05, 0.1) is 0 Å². The number of nitrogens with one attached hydrogen (secondary N) is 4. The molecule has 0 saturated carbocycles. The molecule has 4 heterocycles. The minimum absolute atomic E-state index is 0.346. The van der Waals surface area contributed by atoms with Crippen molar-refractivity contribution in [3.05, 3.63) is 59.7 Å². The lowest BCUT2D eigenvalue weighted by molar-refractivity contribution is 0.488. The number of nitrogens with zero attached hydrogens (tertiary/aromatic N) is 3. The van der Waals surface area contributed by atoms with E-state index in [-0.39, 0.29) is 0 Å². The number of hydrogen-bond donors (Lipinski definition) is 4. The zero-order chi connectivity index (χ0) is 21.2. The summed E-state index contributed by atoms with van der Waals surface area (Å²) in [5.74, 6) is 2.19. The summed E-state index contributed by atoms with van der Waals surface area (Å²) in [5, 5.41) is 19.2.